The maximum Gasteiger partial charge on any atom is 0.338 e. The maximum absolute atomic E-state index is 12.1. The van der Waals surface area contributed by atoms with Gasteiger partial charge in [0, 0.05) is 18.2 Å². The van der Waals surface area contributed by atoms with Crippen LogP contribution in [0.5, 0.6) is 0 Å². The molecule has 0 bridgehead atoms. The fraction of sp³-hybridized carbons (Fsp3) is 0.158. The SMILES string of the molecule is CC#Cc1ccc(COC(=O)c2cccc(C(=O)NC)c2)cc1. The molecule has 0 unspecified atom stereocenters. The molecule has 2 aromatic rings. The van der Waals surface area contributed by atoms with Crippen molar-refractivity contribution in [3.8, 4) is 11.8 Å². The number of esters is 1. The molecule has 0 fully saturated rings. The van der Waals surface area contributed by atoms with Crippen molar-refractivity contribution in [3.63, 3.8) is 0 Å². The molecule has 0 radical (unpaired) electrons. The molecule has 0 aromatic heterocycles. The minimum absolute atomic E-state index is 0.170. The van der Waals surface area contributed by atoms with Crippen molar-refractivity contribution < 1.29 is 14.3 Å². The van der Waals surface area contributed by atoms with E-state index in [4.69, 9.17) is 4.74 Å². The predicted molar refractivity (Wildman–Crippen MR) is 87.9 cm³/mol. The molecule has 0 aliphatic rings. The Kier molecular flexibility index (Phi) is 5.54. The molecule has 1 amide bonds. The van der Waals surface area contributed by atoms with Crippen LogP contribution in [0.4, 0.5) is 0 Å². The minimum atomic E-state index is -0.465. The summed E-state index contributed by atoms with van der Waals surface area (Å²) in [6.07, 6.45) is 0. The van der Waals surface area contributed by atoms with Crippen LogP contribution >= 0.6 is 0 Å². The average molecular weight is 307 g/mol. The van der Waals surface area contributed by atoms with Gasteiger partial charge in [-0.2, -0.15) is 0 Å². The smallest absolute Gasteiger partial charge is 0.338 e. The van der Waals surface area contributed by atoms with Gasteiger partial charge >= 0.3 is 5.97 Å². The van der Waals surface area contributed by atoms with E-state index in [0.29, 0.717) is 11.1 Å². The van der Waals surface area contributed by atoms with Gasteiger partial charge in [0.05, 0.1) is 5.56 Å². The highest BCUT2D eigenvalue weighted by atomic mass is 16.5. The number of carbonyl (C=O) groups excluding carboxylic acids is 2. The number of rotatable bonds is 4. The van der Waals surface area contributed by atoms with Crippen LogP contribution in [0, 0.1) is 11.8 Å². The Bertz CT molecular complexity index is 767. The number of carbonyl (C=O) groups is 2. The molecule has 2 rings (SSSR count). The van der Waals surface area contributed by atoms with Gasteiger partial charge in [-0.3, -0.25) is 4.79 Å². The molecule has 4 nitrogen and oxygen atoms in total. The Morgan fingerprint density at radius 3 is 2.43 bits per heavy atom. The summed E-state index contributed by atoms with van der Waals surface area (Å²) in [6, 6.07) is 13.9. The predicted octanol–water partition coefficient (Wildman–Crippen LogP) is 2.77. The molecule has 0 aliphatic heterocycles. The molecule has 1 N–H and O–H groups in total. The van der Waals surface area contributed by atoms with E-state index in [1.54, 1.807) is 32.2 Å². The van der Waals surface area contributed by atoms with E-state index in [1.165, 1.54) is 6.07 Å². The van der Waals surface area contributed by atoms with Crippen LogP contribution in [0.3, 0.4) is 0 Å². The van der Waals surface area contributed by atoms with Crippen molar-refractivity contribution in [2.24, 2.45) is 0 Å². The van der Waals surface area contributed by atoms with Gasteiger partial charge < -0.3 is 10.1 Å². The Morgan fingerprint density at radius 2 is 1.78 bits per heavy atom. The number of benzene rings is 2. The van der Waals surface area contributed by atoms with Crippen LogP contribution in [0.25, 0.3) is 0 Å². The second-order valence-corrected chi connectivity index (χ2v) is 4.81. The first kappa shape index (κ1) is 16.3. The van der Waals surface area contributed by atoms with Gasteiger partial charge in [0.1, 0.15) is 6.61 Å². The number of hydrogen-bond donors (Lipinski definition) is 1. The third kappa shape index (κ3) is 4.45. The third-order valence-electron chi connectivity index (χ3n) is 3.18. The molecule has 2 aromatic carbocycles. The highest BCUT2D eigenvalue weighted by Gasteiger charge is 2.10. The first-order valence-corrected chi connectivity index (χ1v) is 7.15. The lowest BCUT2D eigenvalue weighted by molar-refractivity contribution is 0.0472. The summed E-state index contributed by atoms with van der Waals surface area (Å²) in [4.78, 5) is 23.7. The number of ether oxygens (including phenoxy) is 1. The van der Waals surface area contributed by atoms with E-state index in [-0.39, 0.29) is 12.5 Å². The van der Waals surface area contributed by atoms with Crippen LogP contribution in [0.2, 0.25) is 0 Å². The van der Waals surface area contributed by atoms with Crippen LogP contribution < -0.4 is 5.32 Å². The summed E-state index contributed by atoms with van der Waals surface area (Å²) < 4.78 is 5.28. The summed E-state index contributed by atoms with van der Waals surface area (Å²) >= 11 is 0. The molecule has 0 heterocycles. The highest BCUT2D eigenvalue weighted by molar-refractivity contribution is 5.97. The molecule has 4 heteroatoms. The van der Waals surface area contributed by atoms with E-state index >= 15 is 0 Å². The summed E-state index contributed by atoms with van der Waals surface area (Å²) in [6.45, 7) is 1.95. The first-order chi connectivity index (χ1) is 11.1. The van der Waals surface area contributed by atoms with Crippen molar-refractivity contribution >= 4 is 11.9 Å². The second-order valence-electron chi connectivity index (χ2n) is 4.81. The second kappa shape index (κ2) is 7.81. The number of amides is 1. The zero-order chi connectivity index (χ0) is 16.7. The lowest BCUT2D eigenvalue weighted by Crippen LogP contribution is -2.18. The largest absolute Gasteiger partial charge is 0.457 e. The Hall–Kier alpha value is -3.06. The zero-order valence-corrected chi connectivity index (χ0v) is 13.1. The molecule has 0 atom stereocenters. The average Bonchev–Trinajstić information content (AvgIpc) is 2.60. The quantitative estimate of drug-likeness (QED) is 0.698. The van der Waals surface area contributed by atoms with Crippen molar-refractivity contribution in [3.05, 3.63) is 70.8 Å². The summed E-state index contributed by atoms with van der Waals surface area (Å²) in [5.74, 6) is 5.07. The standard InChI is InChI=1S/C19H17NO3/c1-3-5-14-8-10-15(11-9-14)13-23-19(22)17-7-4-6-16(12-17)18(21)20-2/h4,6-12H,13H2,1-2H3,(H,20,21). The van der Waals surface area contributed by atoms with Crippen LogP contribution in [-0.2, 0) is 11.3 Å². The van der Waals surface area contributed by atoms with Gasteiger partial charge in [-0.05, 0) is 42.8 Å². The number of hydrogen-bond acceptors (Lipinski definition) is 3. The monoisotopic (exact) mass is 307 g/mol. The first-order valence-electron chi connectivity index (χ1n) is 7.15. The van der Waals surface area contributed by atoms with E-state index in [1.807, 2.05) is 24.3 Å². The normalized spacial score (nSPS) is 9.48. The highest BCUT2D eigenvalue weighted by Crippen LogP contribution is 2.10. The molecular formula is C19H17NO3. The van der Waals surface area contributed by atoms with Crippen molar-refractivity contribution in [1.82, 2.24) is 5.32 Å². The van der Waals surface area contributed by atoms with Crippen LogP contribution in [-0.4, -0.2) is 18.9 Å². The van der Waals surface area contributed by atoms with Gasteiger partial charge in [-0.15, -0.1) is 5.92 Å². The van der Waals surface area contributed by atoms with Crippen molar-refractivity contribution in [1.29, 1.82) is 0 Å². The van der Waals surface area contributed by atoms with Crippen LogP contribution in [0.1, 0.15) is 38.8 Å². The lowest BCUT2D eigenvalue weighted by atomic mass is 10.1. The van der Waals surface area contributed by atoms with Gasteiger partial charge in [-0.25, -0.2) is 4.79 Å². The van der Waals surface area contributed by atoms with Crippen molar-refractivity contribution in [2.45, 2.75) is 13.5 Å². The fourth-order valence-corrected chi connectivity index (χ4v) is 1.99. The molecular weight excluding hydrogens is 290 g/mol. The maximum atomic E-state index is 12.1. The summed E-state index contributed by atoms with van der Waals surface area (Å²) in [7, 11) is 1.54. The fourth-order valence-electron chi connectivity index (χ4n) is 1.99. The zero-order valence-electron chi connectivity index (χ0n) is 13.1. The van der Waals surface area contributed by atoms with Crippen LogP contribution in [0.15, 0.2) is 48.5 Å². The van der Waals surface area contributed by atoms with E-state index in [0.717, 1.165) is 11.1 Å². The topological polar surface area (TPSA) is 55.4 Å². The summed E-state index contributed by atoms with van der Waals surface area (Å²) in [5, 5.41) is 2.52. The molecule has 0 aliphatic carbocycles. The van der Waals surface area contributed by atoms with Gasteiger partial charge in [0.2, 0.25) is 0 Å². The van der Waals surface area contributed by atoms with Gasteiger partial charge in [0.15, 0.2) is 0 Å². The molecule has 0 saturated carbocycles. The molecule has 23 heavy (non-hydrogen) atoms. The van der Waals surface area contributed by atoms with E-state index in [2.05, 4.69) is 17.2 Å². The Labute approximate surface area is 135 Å². The Balaban J connectivity index is 2.01. The molecule has 0 saturated heterocycles. The summed E-state index contributed by atoms with van der Waals surface area (Å²) in [5.41, 5.74) is 2.56. The number of nitrogens with one attached hydrogen (secondary N) is 1. The lowest BCUT2D eigenvalue weighted by Gasteiger charge is -2.06. The molecule has 0 spiro atoms. The van der Waals surface area contributed by atoms with Gasteiger partial charge in [0.25, 0.3) is 5.91 Å². The minimum Gasteiger partial charge on any atom is -0.457 e. The van der Waals surface area contributed by atoms with E-state index < -0.39 is 5.97 Å². The third-order valence-corrected chi connectivity index (χ3v) is 3.18. The van der Waals surface area contributed by atoms with Gasteiger partial charge in [-0.1, -0.05) is 24.1 Å². The Morgan fingerprint density at radius 1 is 1.09 bits per heavy atom. The van der Waals surface area contributed by atoms with Crippen molar-refractivity contribution in [2.75, 3.05) is 7.05 Å². The van der Waals surface area contributed by atoms with E-state index in [9.17, 15) is 9.59 Å². The molecule has 116 valence electrons.